The number of carbonyl (C=O) groups excluding carboxylic acids is 3. The fraction of sp³-hybridized carbons (Fsp3) is 0.533. The number of nitrogens with one attached hydrogen (secondary N) is 5. The number of likely N-dealkylation sites (N-methyl/N-ethyl adjacent to an activating group) is 2. The standard InChI is InChI=1S/C25H33N5O6S.C20H25N5O4S/c1-25(2,3)36-24(32)29(4)17-13-30-22(35-14-17)20(12-26-30)37(33,34)28-23(31)27-21-18-9-5-7-15(18)11-16-8-6-10-19(16)21;1-21-14-10-25-19(29-11-14)17(9-22-25)30(27,28)24-20(26)23-18-15-6-2-4-12(15)8-13-5-3-7-16(13)18/h11-12,17H,5-10,13-14H2,1-4H3,(H2,27,28,31);8-9,14,21H,2-7,10-11H2,1H3,(H2,23,24,26). The Bertz CT molecular complexity index is 2800. The average molecular weight is 963 g/mol. The minimum absolute atomic E-state index is 0.0237. The predicted molar refractivity (Wildman–Crippen MR) is 246 cm³/mol. The van der Waals surface area contributed by atoms with Crippen LogP contribution in [0.1, 0.15) is 91.0 Å². The first-order chi connectivity index (χ1) is 31.9. The number of anilines is 2. The Kier molecular flexibility index (Phi) is 12.4. The molecule has 4 heterocycles. The zero-order valence-electron chi connectivity index (χ0n) is 38.4. The minimum Gasteiger partial charge on any atom is -0.475 e. The summed E-state index contributed by atoms with van der Waals surface area (Å²) in [6.45, 7) is 6.43. The second-order valence-electron chi connectivity index (χ2n) is 18.9. The summed E-state index contributed by atoms with van der Waals surface area (Å²) in [5.41, 5.74) is 10.4. The largest absolute Gasteiger partial charge is 0.475 e. The summed E-state index contributed by atoms with van der Waals surface area (Å²) in [6.07, 6.45) is 13.5. The van der Waals surface area contributed by atoms with Gasteiger partial charge in [0.15, 0.2) is 9.79 Å². The van der Waals surface area contributed by atoms with Crippen molar-refractivity contribution in [1.82, 2.24) is 39.2 Å². The van der Waals surface area contributed by atoms with Crippen molar-refractivity contribution in [2.45, 2.75) is 138 Å². The molecule has 4 aromatic rings. The number of carbonyl (C=O) groups is 3. The molecule has 2 aliphatic heterocycles. The summed E-state index contributed by atoms with van der Waals surface area (Å²) in [5.74, 6) is 0.180. The molecule has 0 saturated heterocycles. The molecule has 360 valence electrons. The van der Waals surface area contributed by atoms with Crippen LogP contribution in [0.15, 0.2) is 34.3 Å². The van der Waals surface area contributed by atoms with Gasteiger partial charge in [-0.1, -0.05) is 12.1 Å². The van der Waals surface area contributed by atoms with Gasteiger partial charge in [0.25, 0.3) is 20.0 Å². The van der Waals surface area contributed by atoms with Gasteiger partial charge in [-0.25, -0.2) is 50.0 Å². The van der Waals surface area contributed by atoms with Crippen molar-refractivity contribution >= 4 is 49.6 Å². The Morgan fingerprint density at radius 2 is 1.09 bits per heavy atom. The van der Waals surface area contributed by atoms with Crippen LogP contribution in [0.3, 0.4) is 0 Å². The van der Waals surface area contributed by atoms with Crippen molar-refractivity contribution in [1.29, 1.82) is 0 Å². The van der Waals surface area contributed by atoms with E-state index in [1.54, 1.807) is 27.8 Å². The first kappa shape index (κ1) is 46.2. The Labute approximate surface area is 389 Å². The van der Waals surface area contributed by atoms with Crippen molar-refractivity contribution in [2.24, 2.45) is 0 Å². The topological polar surface area (TPSA) is 246 Å². The van der Waals surface area contributed by atoms with Crippen molar-refractivity contribution in [3.05, 3.63) is 69.0 Å². The number of amides is 5. The number of hydrogen-bond donors (Lipinski definition) is 5. The van der Waals surface area contributed by atoms with Gasteiger partial charge >= 0.3 is 18.2 Å². The highest BCUT2D eigenvalue weighted by molar-refractivity contribution is 7.90. The monoisotopic (exact) mass is 962 g/mol. The van der Waals surface area contributed by atoms with E-state index in [-0.39, 0.29) is 40.7 Å². The van der Waals surface area contributed by atoms with Crippen LogP contribution >= 0.6 is 0 Å². The lowest BCUT2D eigenvalue weighted by Gasteiger charge is -2.33. The summed E-state index contributed by atoms with van der Waals surface area (Å²) in [4.78, 5) is 39.1. The summed E-state index contributed by atoms with van der Waals surface area (Å²) in [5, 5.41) is 17.0. The van der Waals surface area contributed by atoms with Gasteiger partial charge in [-0.2, -0.15) is 10.2 Å². The van der Waals surface area contributed by atoms with Gasteiger partial charge < -0.3 is 35.1 Å². The van der Waals surface area contributed by atoms with Crippen LogP contribution in [0.2, 0.25) is 0 Å². The number of sulfonamides is 2. The van der Waals surface area contributed by atoms with Crippen molar-refractivity contribution in [3.63, 3.8) is 0 Å². The number of hydrogen-bond acceptors (Lipinski definition) is 13. The third kappa shape index (κ3) is 9.39. The van der Waals surface area contributed by atoms with Crippen molar-refractivity contribution in [3.8, 4) is 11.8 Å². The van der Waals surface area contributed by atoms with E-state index in [9.17, 15) is 31.2 Å². The second-order valence-corrected chi connectivity index (χ2v) is 22.2. The first-order valence-corrected chi connectivity index (χ1v) is 25.9. The molecular weight excluding hydrogens is 905 g/mol. The quantitative estimate of drug-likeness (QED) is 0.165. The molecule has 5 N–H and O–H groups in total. The molecule has 20 nitrogen and oxygen atoms in total. The van der Waals surface area contributed by atoms with Gasteiger partial charge in [0, 0.05) is 18.4 Å². The molecule has 2 atom stereocenters. The molecule has 0 bridgehead atoms. The Hall–Kier alpha value is -5.87. The summed E-state index contributed by atoms with van der Waals surface area (Å²) in [7, 11) is -4.98. The van der Waals surface area contributed by atoms with Crippen LogP contribution in [0, 0.1) is 0 Å². The maximum Gasteiger partial charge on any atom is 0.410 e. The molecule has 2 aromatic heterocycles. The lowest BCUT2D eigenvalue weighted by Crippen LogP contribution is -2.47. The number of aromatic nitrogens is 4. The van der Waals surface area contributed by atoms with Crippen LogP contribution in [0.5, 0.6) is 11.8 Å². The maximum atomic E-state index is 13.1. The van der Waals surface area contributed by atoms with Crippen LogP contribution in [0.25, 0.3) is 0 Å². The molecule has 0 spiro atoms. The lowest BCUT2D eigenvalue weighted by atomic mass is 9.99. The SMILES string of the molecule is CN(C(=O)OC(C)(C)C)C1COc2c(S(=O)(=O)NC(=O)Nc3c4c(cc5c3CCC5)CCC4)cnn2C1.CNC1COc2c(S(=O)(=O)NC(=O)Nc3c4c(cc5c3CCC5)CCC4)cnn2C1. The van der Waals surface area contributed by atoms with E-state index in [0.717, 1.165) is 117 Å². The van der Waals surface area contributed by atoms with Crippen molar-refractivity contribution in [2.75, 3.05) is 37.9 Å². The van der Waals surface area contributed by atoms with Crippen LogP contribution in [-0.4, -0.2) is 104 Å². The predicted octanol–water partition coefficient (Wildman–Crippen LogP) is 4.35. The molecule has 22 heteroatoms. The molecule has 67 heavy (non-hydrogen) atoms. The zero-order chi connectivity index (χ0) is 47.4. The molecule has 5 amide bonds. The third-order valence-electron chi connectivity index (χ3n) is 13.2. The molecule has 6 aliphatic rings. The van der Waals surface area contributed by atoms with Gasteiger partial charge in [-0.15, -0.1) is 0 Å². The van der Waals surface area contributed by atoms with E-state index in [2.05, 4.69) is 47.7 Å². The lowest BCUT2D eigenvalue weighted by molar-refractivity contribution is 0.0101. The maximum absolute atomic E-state index is 13.1. The van der Waals surface area contributed by atoms with Crippen LogP contribution < -0.4 is 34.9 Å². The second kappa shape index (κ2) is 18.0. The Morgan fingerprint density at radius 3 is 1.51 bits per heavy atom. The van der Waals surface area contributed by atoms with Crippen LogP contribution in [-0.2, 0) is 89.2 Å². The van der Waals surface area contributed by atoms with E-state index >= 15 is 0 Å². The van der Waals surface area contributed by atoms with Crippen LogP contribution in [0.4, 0.5) is 25.8 Å². The average Bonchev–Trinajstić information content (AvgIpc) is 4.13. The first-order valence-electron chi connectivity index (χ1n) is 22.9. The summed E-state index contributed by atoms with van der Waals surface area (Å²) in [6, 6.07) is 2.58. The highest BCUT2D eigenvalue weighted by Gasteiger charge is 2.36. The number of nitrogens with zero attached hydrogens (tertiary/aromatic N) is 5. The smallest absolute Gasteiger partial charge is 0.410 e. The van der Waals surface area contributed by atoms with Crippen molar-refractivity contribution < 1.29 is 45.4 Å². The van der Waals surface area contributed by atoms with E-state index in [0.29, 0.717) is 13.2 Å². The molecule has 0 saturated carbocycles. The number of urea groups is 2. The number of rotatable bonds is 8. The molecule has 0 fully saturated rings. The van der Waals surface area contributed by atoms with Gasteiger partial charge in [0.1, 0.15) is 18.8 Å². The van der Waals surface area contributed by atoms with E-state index in [4.69, 9.17) is 14.2 Å². The molecule has 2 aromatic carbocycles. The van der Waals surface area contributed by atoms with Gasteiger partial charge in [-0.3, -0.25) is 0 Å². The zero-order valence-corrected chi connectivity index (χ0v) is 40.0. The Balaban J connectivity index is 0.000000171. The number of ether oxygens (including phenoxy) is 3. The molecule has 10 rings (SSSR count). The normalized spacial score (nSPS) is 18.9. The summed E-state index contributed by atoms with van der Waals surface area (Å²) < 4.78 is 75.8. The highest BCUT2D eigenvalue weighted by Crippen LogP contribution is 2.40. The minimum atomic E-state index is -4.26. The molecule has 0 radical (unpaired) electrons. The van der Waals surface area contributed by atoms with E-state index in [1.807, 2.05) is 7.05 Å². The molecule has 4 aliphatic carbocycles. The van der Waals surface area contributed by atoms with E-state index < -0.39 is 49.8 Å². The third-order valence-corrected chi connectivity index (χ3v) is 15.8. The molecule has 2 unspecified atom stereocenters. The van der Waals surface area contributed by atoms with Gasteiger partial charge in [0.2, 0.25) is 11.8 Å². The highest BCUT2D eigenvalue weighted by atomic mass is 32.2. The van der Waals surface area contributed by atoms with E-state index in [1.165, 1.54) is 42.7 Å². The van der Waals surface area contributed by atoms with Gasteiger partial charge in [0.05, 0.1) is 37.6 Å². The number of benzene rings is 2. The van der Waals surface area contributed by atoms with Gasteiger partial charge in [-0.05, 0) is 149 Å². The summed E-state index contributed by atoms with van der Waals surface area (Å²) >= 11 is 0. The molecular formula is C45H58N10O10S2. The fourth-order valence-electron chi connectivity index (χ4n) is 9.96. The number of aryl methyl sites for hydroxylation is 4. The fourth-order valence-corrected chi connectivity index (χ4v) is 11.9. The number of fused-ring (bicyclic) bond motifs is 6. The Morgan fingerprint density at radius 1 is 0.672 bits per heavy atom.